The van der Waals surface area contributed by atoms with Crippen molar-refractivity contribution in [1.82, 2.24) is 4.90 Å². The first kappa shape index (κ1) is 10.2. The predicted molar refractivity (Wildman–Crippen MR) is 61.3 cm³/mol. The Kier molecular flexibility index (Phi) is 3.23. The number of carbonyl (C=O) groups excluding carboxylic acids is 1. The van der Waals surface area contributed by atoms with E-state index >= 15 is 0 Å². The number of halogens is 1. The number of nitrogens with zero attached hydrogens (tertiary/aromatic N) is 1. The van der Waals surface area contributed by atoms with Crippen molar-refractivity contribution >= 4 is 33.2 Å². The van der Waals surface area contributed by atoms with E-state index in [1.54, 1.807) is 11.3 Å². The van der Waals surface area contributed by atoms with Crippen molar-refractivity contribution in [2.75, 3.05) is 6.54 Å². The van der Waals surface area contributed by atoms with Gasteiger partial charge in [0.15, 0.2) is 0 Å². The molecule has 1 aromatic heterocycles. The lowest BCUT2D eigenvalue weighted by atomic mass is 10.1. The molecule has 1 fully saturated rings. The summed E-state index contributed by atoms with van der Waals surface area (Å²) in [5.41, 5.74) is 1.23. The van der Waals surface area contributed by atoms with Crippen molar-refractivity contribution in [1.29, 1.82) is 0 Å². The Bertz CT molecular complexity index is 337. The molecule has 2 nitrogen and oxygen atoms in total. The normalized spacial score (nSPS) is 17.5. The standard InChI is InChI=1S/C10H12BrNOS/c11-9-5-8(7-14-9)6-12-4-2-1-3-10(12)13/h5,7H,1-4,6H2. The number of hydrogen-bond donors (Lipinski definition) is 0. The summed E-state index contributed by atoms with van der Waals surface area (Å²) in [7, 11) is 0. The molecule has 14 heavy (non-hydrogen) atoms. The van der Waals surface area contributed by atoms with E-state index in [4.69, 9.17) is 0 Å². The maximum Gasteiger partial charge on any atom is 0.222 e. The van der Waals surface area contributed by atoms with Gasteiger partial charge in [0.05, 0.1) is 3.79 Å². The van der Waals surface area contributed by atoms with Gasteiger partial charge >= 0.3 is 0 Å². The molecular formula is C10H12BrNOS. The second kappa shape index (κ2) is 4.45. The minimum atomic E-state index is 0.304. The third-order valence-electron chi connectivity index (χ3n) is 2.42. The monoisotopic (exact) mass is 273 g/mol. The number of likely N-dealkylation sites (tertiary alicyclic amines) is 1. The molecule has 2 heterocycles. The molecule has 0 aliphatic carbocycles. The maximum atomic E-state index is 11.5. The maximum absolute atomic E-state index is 11.5. The molecule has 4 heteroatoms. The average molecular weight is 274 g/mol. The van der Waals surface area contributed by atoms with Gasteiger partial charge < -0.3 is 4.90 Å². The summed E-state index contributed by atoms with van der Waals surface area (Å²) in [5, 5.41) is 2.10. The van der Waals surface area contributed by atoms with Crippen LogP contribution in [0.4, 0.5) is 0 Å². The molecule has 1 saturated heterocycles. The minimum Gasteiger partial charge on any atom is -0.338 e. The lowest BCUT2D eigenvalue weighted by Gasteiger charge is -2.26. The molecule has 0 spiro atoms. The van der Waals surface area contributed by atoms with Crippen molar-refractivity contribution < 1.29 is 4.79 Å². The fourth-order valence-electron chi connectivity index (χ4n) is 1.68. The Morgan fingerprint density at radius 3 is 3.00 bits per heavy atom. The van der Waals surface area contributed by atoms with Gasteiger partial charge in [-0.1, -0.05) is 0 Å². The van der Waals surface area contributed by atoms with Gasteiger partial charge in [0, 0.05) is 19.5 Å². The van der Waals surface area contributed by atoms with Gasteiger partial charge in [0.1, 0.15) is 0 Å². The van der Waals surface area contributed by atoms with Gasteiger partial charge in [-0.2, -0.15) is 0 Å². The summed E-state index contributed by atoms with van der Waals surface area (Å²) >= 11 is 5.10. The van der Waals surface area contributed by atoms with Crippen LogP contribution in [-0.4, -0.2) is 17.4 Å². The summed E-state index contributed by atoms with van der Waals surface area (Å²) in [6.07, 6.45) is 2.94. The first-order valence-electron chi connectivity index (χ1n) is 4.76. The predicted octanol–water partition coefficient (Wildman–Crippen LogP) is 3.02. The molecule has 0 N–H and O–H groups in total. The van der Waals surface area contributed by atoms with Crippen LogP contribution in [0.15, 0.2) is 15.2 Å². The quantitative estimate of drug-likeness (QED) is 0.811. The highest BCUT2D eigenvalue weighted by Gasteiger charge is 2.18. The molecule has 0 bridgehead atoms. The summed E-state index contributed by atoms with van der Waals surface area (Å²) in [4.78, 5) is 13.5. The van der Waals surface area contributed by atoms with E-state index in [1.807, 2.05) is 4.90 Å². The molecule has 76 valence electrons. The third kappa shape index (κ3) is 2.36. The second-order valence-electron chi connectivity index (χ2n) is 3.53. The third-order valence-corrected chi connectivity index (χ3v) is 3.97. The molecule has 2 rings (SSSR count). The zero-order chi connectivity index (χ0) is 9.97. The van der Waals surface area contributed by atoms with Gasteiger partial charge in [0.25, 0.3) is 0 Å². The van der Waals surface area contributed by atoms with Crippen molar-refractivity contribution in [3.8, 4) is 0 Å². The van der Waals surface area contributed by atoms with Crippen LogP contribution in [0.5, 0.6) is 0 Å². The van der Waals surface area contributed by atoms with Crippen LogP contribution in [0, 0.1) is 0 Å². The highest BCUT2D eigenvalue weighted by molar-refractivity contribution is 9.11. The zero-order valence-corrected chi connectivity index (χ0v) is 10.2. The lowest BCUT2D eigenvalue weighted by molar-refractivity contribution is -0.133. The first-order chi connectivity index (χ1) is 6.75. The van der Waals surface area contributed by atoms with Crippen LogP contribution in [-0.2, 0) is 11.3 Å². The molecule has 0 aromatic carbocycles. The van der Waals surface area contributed by atoms with Gasteiger partial charge in [-0.3, -0.25) is 4.79 Å². The summed E-state index contributed by atoms with van der Waals surface area (Å²) in [5.74, 6) is 0.304. The van der Waals surface area contributed by atoms with Crippen molar-refractivity contribution in [2.45, 2.75) is 25.8 Å². The van der Waals surface area contributed by atoms with Crippen molar-refractivity contribution in [3.05, 3.63) is 20.8 Å². The Hall–Kier alpha value is -0.350. The Morgan fingerprint density at radius 2 is 2.36 bits per heavy atom. The van der Waals surface area contributed by atoms with Gasteiger partial charge in [-0.05, 0) is 45.8 Å². The molecule has 0 saturated carbocycles. The van der Waals surface area contributed by atoms with Crippen molar-refractivity contribution in [2.24, 2.45) is 0 Å². The molecule has 1 amide bonds. The van der Waals surface area contributed by atoms with E-state index in [0.29, 0.717) is 5.91 Å². The first-order valence-corrected chi connectivity index (χ1v) is 6.43. The minimum absolute atomic E-state index is 0.304. The number of amides is 1. The van der Waals surface area contributed by atoms with Crippen LogP contribution < -0.4 is 0 Å². The number of carbonyl (C=O) groups is 1. The second-order valence-corrected chi connectivity index (χ2v) is 5.82. The molecule has 1 aliphatic heterocycles. The summed E-state index contributed by atoms with van der Waals surface area (Å²) in [6.45, 7) is 1.70. The fraction of sp³-hybridized carbons (Fsp3) is 0.500. The van der Waals surface area contributed by atoms with E-state index in [0.717, 1.165) is 36.1 Å². The summed E-state index contributed by atoms with van der Waals surface area (Å²) in [6, 6.07) is 2.09. The Balaban J connectivity index is 1.99. The van der Waals surface area contributed by atoms with E-state index in [-0.39, 0.29) is 0 Å². The van der Waals surface area contributed by atoms with E-state index in [9.17, 15) is 4.79 Å². The number of rotatable bonds is 2. The van der Waals surface area contributed by atoms with E-state index in [1.165, 1.54) is 5.56 Å². The Morgan fingerprint density at radius 1 is 1.50 bits per heavy atom. The van der Waals surface area contributed by atoms with Crippen LogP contribution in [0.3, 0.4) is 0 Å². The molecule has 0 radical (unpaired) electrons. The zero-order valence-electron chi connectivity index (χ0n) is 7.83. The average Bonchev–Trinajstić information content (AvgIpc) is 2.56. The molecule has 1 aromatic rings. The summed E-state index contributed by atoms with van der Waals surface area (Å²) < 4.78 is 1.14. The SMILES string of the molecule is O=C1CCCCN1Cc1csc(Br)c1. The molecule has 0 atom stereocenters. The van der Waals surface area contributed by atoms with E-state index < -0.39 is 0 Å². The smallest absolute Gasteiger partial charge is 0.222 e. The highest BCUT2D eigenvalue weighted by atomic mass is 79.9. The largest absolute Gasteiger partial charge is 0.338 e. The van der Waals surface area contributed by atoms with Crippen LogP contribution in [0.2, 0.25) is 0 Å². The highest BCUT2D eigenvalue weighted by Crippen LogP contribution is 2.23. The van der Waals surface area contributed by atoms with Crippen LogP contribution >= 0.6 is 27.3 Å². The van der Waals surface area contributed by atoms with Crippen LogP contribution in [0.1, 0.15) is 24.8 Å². The molecule has 0 unspecified atom stereocenters. The number of thiophene rings is 1. The van der Waals surface area contributed by atoms with Crippen LogP contribution in [0.25, 0.3) is 0 Å². The topological polar surface area (TPSA) is 20.3 Å². The van der Waals surface area contributed by atoms with E-state index in [2.05, 4.69) is 27.4 Å². The number of piperidine rings is 1. The lowest BCUT2D eigenvalue weighted by Crippen LogP contribution is -2.34. The Labute approximate surface area is 96.0 Å². The molecule has 1 aliphatic rings. The number of hydrogen-bond acceptors (Lipinski definition) is 2. The van der Waals surface area contributed by atoms with Gasteiger partial charge in [-0.25, -0.2) is 0 Å². The fourth-order valence-corrected chi connectivity index (χ4v) is 2.88. The van der Waals surface area contributed by atoms with Gasteiger partial charge in [0.2, 0.25) is 5.91 Å². The molecular weight excluding hydrogens is 262 g/mol. The van der Waals surface area contributed by atoms with Crippen molar-refractivity contribution in [3.63, 3.8) is 0 Å². The van der Waals surface area contributed by atoms with Gasteiger partial charge in [-0.15, -0.1) is 11.3 Å².